The summed E-state index contributed by atoms with van der Waals surface area (Å²) in [5, 5.41) is 23.1. The zero-order chi connectivity index (χ0) is 36.0. The molecule has 0 radical (unpaired) electrons. The number of aliphatic carboxylic acids is 1. The Kier molecular flexibility index (Phi) is 9.83. The summed E-state index contributed by atoms with van der Waals surface area (Å²) in [6, 6.07) is 2.48. The van der Waals surface area contributed by atoms with Crippen LogP contribution in [0.3, 0.4) is 0 Å². The van der Waals surface area contributed by atoms with E-state index in [4.69, 9.17) is 9.84 Å². The highest BCUT2D eigenvalue weighted by molar-refractivity contribution is 5.97. The van der Waals surface area contributed by atoms with Crippen LogP contribution in [0.25, 0.3) is 0 Å². The highest BCUT2D eigenvalue weighted by atomic mass is 19.3. The second kappa shape index (κ2) is 14.3. The third-order valence-electron chi connectivity index (χ3n) is 11.0. The summed E-state index contributed by atoms with van der Waals surface area (Å²) in [4.78, 5) is 43.6. The number of benzene rings is 1. The molecule has 15 heteroatoms. The molecule has 1 aromatic carbocycles. The SMILES string of the molecule is CC(=O)N1CCc2c(c(N3CCCc4cc(C(=O)N5CCC(c6cn([C@H](C(=O)O)C(C)C)nn6)CC5)c(C(F)F)cc43)nn2C2CCOCC2)C1. The molecule has 0 aliphatic carbocycles. The van der Waals surface area contributed by atoms with Crippen molar-refractivity contribution >= 4 is 29.3 Å². The van der Waals surface area contributed by atoms with Gasteiger partial charge in [-0.05, 0) is 62.1 Å². The van der Waals surface area contributed by atoms with E-state index in [1.807, 2.05) is 23.6 Å². The Balaban J connectivity index is 1.14. The van der Waals surface area contributed by atoms with Crippen LogP contribution in [0.2, 0.25) is 0 Å². The van der Waals surface area contributed by atoms with Gasteiger partial charge in [0.1, 0.15) is 0 Å². The standard InChI is InChI=1S/C36H46F2N8O5/c1-21(2)32(36(49)50)45-20-29(39-41-45)23-6-12-42(13-7-23)35(48)27-17-24-5-4-11-44(31(24)18-26(27)33(37)38)34-28-19-43(22(3)47)14-8-30(28)46(40-34)25-9-15-51-16-10-25/h17-18,20-21,23,25,32-33H,4-16,19H2,1-3H3,(H,49,50)/t32-/m0/s1. The molecule has 2 fully saturated rings. The van der Waals surface area contributed by atoms with Crippen LogP contribution in [0.15, 0.2) is 18.3 Å². The number of hydrogen-bond acceptors (Lipinski definition) is 8. The molecule has 6 heterocycles. The number of carbonyl (C=O) groups excluding carboxylic acids is 2. The Morgan fingerprint density at radius 3 is 2.39 bits per heavy atom. The number of hydrogen-bond donors (Lipinski definition) is 1. The summed E-state index contributed by atoms with van der Waals surface area (Å²) in [6.07, 6.45) is 3.67. The lowest BCUT2D eigenvalue weighted by Gasteiger charge is -2.34. The van der Waals surface area contributed by atoms with Gasteiger partial charge in [-0.15, -0.1) is 5.10 Å². The van der Waals surface area contributed by atoms with Gasteiger partial charge in [-0.1, -0.05) is 19.1 Å². The van der Waals surface area contributed by atoms with Crippen LogP contribution in [0.1, 0.15) is 116 Å². The van der Waals surface area contributed by atoms with Gasteiger partial charge in [-0.2, -0.15) is 5.10 Å². The number of amides is 2. The van der Waals surface area contributed by atoms with Gasteiger partial charge in [0.25, 0.3) is 12.3 Å². The van der Waals surface area contributed by atoms with Crippen molar-refractivity contribution < 1.29 is 33.0 Å². The monoisotopic (exact) mass is 708 g/mol. The second-order valence-electron chi connectivity index (χ2n) is 14.6. The molecule has 4 aliphatic rings. The number of carboxylic acids is 1. The quantitative estimate of drug-likeness (QED) is 0.341. The van der Waals surface area contributed by atoms with Gasteiger partial charge >= 0.3 is 5.97 Å². The molecule has 1 N–H and O–H groups in total. The Morgan fingerprint density at radius 1 is 0.980 bits per heavy atom. The minimum atomic E-state index is -2.87. The predicted molar refractivity (Wildman–Crippen MR) is 182 cm³/mol. The van der Waals surface area contributed by atoms with Crippen molar-refractivity contribution in [1.29, 1.82) is 0 Å². The van der Waals surface area contributed by atoms with Crippen LogP contribution in [0.4, 0.5) is 20.3 Å². The highest BCUT2D eigenvalue weighted by Crippen LogP contribution is 2.42. The number of halogens is 2. The smallest absolute Gasteiger partial charge is 0.328 e. The third-order valence-corrected chi connectivity index (χ3v) is 11.0. The summed E-state index contributed by atoms with van der Waals surface area (Å²) in [5.41, 5.74) is 3.91. The molecular formula is C36H46F2N8O5. The minimum absolute atomic E-state index is 0.0130. The van der Waals surface area contributed by atoms with E-state index in [1.165, 1.54) is 10.7 Å². The molecule has 51 heavy (non-hydrogen) atoms. The van der Waals surface area contributed by atoms with E-state index >= 15 is 0 Å². The lowest BCUT2D eigenvalue weighted by Crippen LogP contribution is -2.38. The number of likely N-dealkylation sites (tertiary alicyclic amines) is 1. The highest BCUT2D eigenvalue weighted by Gasteiger charge is 2.36. The van der Waals surface area contributed by atoms with Crippen LogP contribution in [-0.4, -0.2) is 96.9 Å². The Morgan fingerprint density at radius 2 is 1.73 bits per heavy atom. The summed E-state index contributed by atoms with van der Waals surface area (Å²) in [6.45, 7) is 8.82. The number of fused-ring (bicyclic) bond motifs is 2. The van der Waals surface area contributed by atoms with Gasteiger partial charge in [-0.25, -0.2) is 18.3 Å². The Hall–Kier alpha value is -4.40. The number of nitrogens with zero attached hydrogens (tertiary/aromatic N) is 8. The number of carboxylic acid groups (broad SMARTS) is 1. The average molecular weight is 709 g/mol. The molecule has 2 aromatic heterocycles. The van der Waals surface area contributed by atoms with Gasteiger partial charge in [0.2, 0.25) is 5.91 Å². The maximum Gasteiger partial charge on any atom is 0.328 e. The Bertz CT molecular complexity index is 1790. The van der Waals surface area contributed by atoms with Crippen LogP contribution in [0, 0.1) is 5.92 Å². The zero-order valence-corrected chi connectivity index (χ0v) is 29.4. The van der Waals surface area contributed by atoms with E-state index in [0.717, 1.165) is 36.1 Å². The van der Waals surface area contributed by atoms with E-state index in [9.17, 15) is 28.3 Å². The predicted octanol–water partition coefficient (Wildman–Crippen LogP) is 5.05. The first-order valence-electron chi connectivity index (χ1n) is 18.1. The molecule has 4 aliphatic heterocycles. The molecule has 2 saturated heterocycles. The minimum Gasteiger partial charge on any atom is -0.480 e. The van der Waals surface area contributed by atoms with Crippen LogP contribution < -0.4 is 4.90 Å². The van der Waals surface area contributed by atoms with Gasteiger partial charge in [0, 0.05) is 92.9 Å². The van der Waals surface area contributed by atoms with Crippen LogP contribution >= 0.6 is 0 Å². The van der Waals surface area contributed by atoms with Crippen molar-refractivity contribution in [2.45, 2.75) is 96.7 Å². The summed E-state index contributed by atoms with van der Waals surface area (Å²) >= 11 is 0. The fourth-order valence-corrected chi connectivity index (χ4v) is 8.25. The molecule has 0 unspecified atom stereocenters. The Labute approximate surface area is 295 Å². The fourth-order valence-electron chi connectivity index (χ4n) is 8.25. The van der Waals surface area contributed by atoms with Gasteiger partial charge in [0.15, 0.2) is 11.9 Å². The fraction of sp³-hybridized carbons (Fsp3) is 0.611. The number of aryl methyl sites for hydroxylation is 1. The molecule has 274 valence electrons. The average Bonchev–Trinajstić information content (AvgIpc) is 3.76. The van der Waals surface area contributed by atoms with Crippen molar-refractivity contribution in [2.75, 3.05) is 44.3 Å². The molecule has 0 spiro atoms. The summed E-state index contributed by atoms with van der Waals surface area (Å²) in [7, 11) is 0. The van der Waals surface area contributed by atoms with Crippen LogP contribution in [0.5, 0.6) is 0 Å². The molecule has 0 bridgehead atoms. The van der Waals surface area contributed by atoms with Crippen molar-refractivity contribution in [3.05, 3.63) is 52.0 Å². The molecule has 13 nitrogen and oxygen atoms in total. The molecule has 2 amide bonds. The van der Waals surface area contributed by atoms with E-state index in [-0.39, 0.29) is 34.9 Å². The first kappa shape index (κ1) is 35.0. The topological polar surface area (TPSA) is 139 Å². The van der Waals surface area contributed by atoms with Crippen molar-refractivity contribution in [3.8, 4) is 0 Å². The first-order valence-corrected chi connectivity index (χ1v) is 18.1. The maximum absolute atomic E-state index is 14.9. The maximum atomic E-state index is 14.9. The zero-order valence-electron chi connectivity index (χ0n) is 29.4. The van der Waals surface area contributed by atoms with E-state index in [0.29, 0.717) is 88.8 Å². The number of carbonyl (C=O) groups is 3. The van der Waals surface area contributed by atoms with Crippen LogP contribution in [-0.2, 0) is 33.7 Å². The number of aromatic nitrogens is 5. The van der Waals surface area contributed by atoms with E-state index < -0.39 is 24.3 Å². The van der Waals surface area contributed by atoms with Gasteiger partial charge in [-0.3, -0.25) is 14.3 Å². The number of ether oxygens (including phenoxy) is 1. The van der Waals surface area contributed by atoms with Crippen molar-refractivity contribution in [3.63, 3.8) is 0 Å². The van der Waals surface area contributed by atoms with Crippen molar-refractivity contribution in [2.24, 2.45) is 5.92 Å². The molecule has 7 rings (SSSR count). The van der Waals surface area contributed by atoms with E-state index in [2.05, 4.69) is 15.0 Å². The van der Waals surface area contributed by atoms with E-state index in [1.54, 1.807) is 24.1 Å². The third kappa shape index (κ3) is 6.72. The largest absolute Gasteiger partial charge is 0.480 e. The number of piperidine rings is 1. The first-order chi connectivity index (χ1) is 24.5. The normalized spacial score (nSPS) is 19.4. The summed E-state index contributed by atoms with van der Waals surface area (Å²) in [5.74, 6) is -0.918. The number of alkyl halides is 2. The van der Waals surface area contributed by atoms with Gasteiger partial charge in [0.05, 0.1) is 18.3 Å². The lowest BCUT2D eigenvalue weighted by molar-refractivity contribution is -0.142. The molecular weight excluding hydrogens is 662 g/mol. The lowest BCUT2D eigenvalue weighted by atomic mass is 9.91. The van der Waals surface area contributed by atoms with Gasteiger partial charge < -0.3 is 24.5 Å². The van der Waals surface area contributed by atoms with Crippen molar-refractivity contribution in [1.82, 2.24) is 34.6 Å². The number of rotatable bonds is 8. The summed E-state index contributed by atoms with van der Waals surface area (Å²) < 4.78 is 38.8. The molecule has 3 aromatic rings. The second-order valence-corrected chi connectivity index (χ2v) is 14.6. The number of anilines is 2. The molecule has 1 atom stereocenters. The molecule has 0 saturated carbocycles.